The molecule has 0 aliphatic carbocycles. The fourth-order valence-corrected chi connectivity index (χ4v) is 3.98. The van der Waals surface area contributed by atoms with Crippen LogP contribution in [0.3, 0.4) is 0 Å². The van der Waals surface area contributed by atoms with E-state index >= 15 is 0 Å². The van der Waals surface area contributed by atoms with E-state index in [9.17, 15) is 9.18 Å². The van der Waals surface area contributed by atoms with Crippen molar-refractivity contribution < 1.29 is 18.7 Å². The summed E-state index contributed by atoms with van der Waals surface area (Å²) in [6, 6.07) is 12.2. The summed E-state index contributed by atoms with van der Waals surface area (Å²) in [6.07, 6.45) is 5.86. The predicted octanol–water partition coefficient (Wildman–Crippen LogP) is 4.46. The zero-order valence-electron chi connectivity index (χ0n) is 17.9. The Hall–Kier alpha value is -2.86. The van der Waals surface area contributed by atoms with Crippen LogP contribution in [-0.2, 0) is 0 Å². The highest BCUT2D eigenvalue weighted by Crippen LogP contribution is 2.31. The molecule has 0 unspecified atom stereocenters. The van der Waals surface area contributed by atoms with Gasteiger partial charge in [-0.25, -0.2) is 4.39 Å². The number of fused-ring (bicyclic) bond motifs is 1. The van der Waals surface area contributed by atoms with Crippen LogP contribution in [0.5, 0.6) is 11.5 Å². The van der Waals surface area contributed by atoms with Crippen LogP contribution in [0.15, 0.2) is 54.4 Å². The molecule has 1 N–H and O–H groups in total. The van der Waals surface area contributed by atoms with E-state index in [0.717, 1.165) is 50.9 Å². The van der Waals surface area contributed by atoms with Gasteiger partial charge < -0.3 is 19.7 Å². The van der Waals surface area contributed by atoms with Crippen molar-refractivity contribution >= 4 is 5.78 Å². The first-order valence-electron chi connectivity index (χ1n) is 11.0. The van der Waals surface area contributed by atoms with Gasteiger partial charge in [-0.15, -0.1) is 0 Å². The highest BCUT2D eigenvalue weighted by molar-refractivity contribution is 6.12. The normalized spacial score (nSPS) is 18.1. The molecule has 2 aliphatic heterocycles. The lowest BCUT2D eigenvalue weighted by molar-refractivity contribution is 0.101. The Morgan fingerprint density at radius 1 is 1.16 bits per heavy atom. The number of piperidine rings is 1. The SMILES string of the molecule is Cc1ccc2c(c1)C(=O)C(=CNC1CCN(CCCCOc3ccc(F)cc3)CC1)O2. The van der Waals surface area contributed by atoms with Gasteiger partial charge in [0.1, 0.15) is 17.3 Å². The van der Waals surface area contributed by atoms with E-state index in [0.29, 0.717) is 35.5 Å². The Bertz CT molecular complexity index is 934. The lowest BCUT2D eigenvalue weighted by Gasteiger charge is -2.32. The van der Waals surface area contributed by atoms with Crippen LogP contribution in [0.2, 0.25) is 0 Å². The number of nitrogens with one attached hydrogen (secondary N) is 1. The largest absolute Gasteiger partial charge is 0.494 e. The number of Topliss-reactive ketones (excluding diaryl/α,β-unsaturated/α-hetero) is 1. The summed E-state index contributed by atoms with van der Waals surface area (Å²) in [5, 5.41) is 3.38. The van der Waals surface area contributed by atoms with E-state index in [1.165, 1.54) is 12.1 Å². The Labute approximate surface area is 182 Å². The lowest BCUT2D eigenvalue weighted by atomic mass is 10.0. The number of likely N-dealkylation sites (tertiary alicyclic amines) is 1. The topological polar surface area (TPSA) is 50.8 Å². The van der Waals surface area contributed by atoms with Crippen LogP contribution in [0.4, 0.5) is 4.39 Å². The molecule has 1 saturated heterocycles. The molecule has 0 spiro atoms. The van der Waals surface area contributed by atoms with Crippen molar-refractivity contribution in [2.45, 2.75) is 38.6 Å². The van der Waals surface area contributed by atoms with Crippen molar-refractivity contribution in [3.63, 3.8) is 0 Å². The number of rotatable bonds is 8. The minimum Gasteiger partial charge on any atom is -0.494 e. The third-order valence-corrected chi connectivity index (χ3v) is 5.81. The maximum atomic E-state index is 12.9. The number of carbonyl (C=O) groups is 1. The molecule has 6 heteroatoms. The summed E-state index contributed by atoms with van der Waals surface area (Å²) < 4.78 is 24.2. The zero-order valence-corrected chi connectivity index (χ0v) is 17.9. The van der Waals surface area contributed by atoms with E-state index < -0.39 is 0 Å². The molecule has 0 aromatic heterocycles. The van der Waals surface area contributed by atoms with Crippen LogP contribution in [0, 0.1) is 12.7 Å². The molecule has 2 aromatic carbocycles. The Balaban J connectivity index is 1.12. The van der Waals surface area contributed by atoms with Gasteiger partial charge in [0, 0.05) is 25.3 Å². The standard InChI is InChI=1S/C25H29FN2O3/c1-18-4-9-23-22(16-18)25(29)24(31-23)17-27-20-10-13-28(14-11-20)12-2-3-15-30-21-7-5-19(26)6-8-21/h4-9,16-17,20,27H,2-3,10-15H2,1H3. The van der Waals surface area contributed by atoms with E-state index in [-0.39, 0.29) is 11.6 Å². The predicted molar refractivity (Wildman–Crippen MR) is 118 cm³/mol. The van der Waals surface area contributed by atoms with Gasteiger partial charge >= 0.3 is 0 Å². The second-order valence-electron chi connectivity index (χ2n) is 8.23. The number of halogens is 1. The Morgan fingerprint density at radius 3 is 2.71 bits per heavy atom. The van der Waals surface area contributed by atoms with E-state index in [1.54, 1.807) is 18.3 Å². The third-order valence-electron chi connectivity index (χ3n) is 5.81. The first-order chi connectivity index (χ1) is 15.1. The van der Waals surface area contributed by atoms with E-state index in [4.69, 9.17) is 9.47 Å². The number of ketones is 1. The molecule has 0 bridgehead atoms. The molecule has 4 rings (SSSR count). The molecule has 0 atom stereocenters. The van der Waals surface area contributed by atoms with Gasteiger partial charge in [-0.05, 0) is 75.5 Å². The number of unbranched alkanes of at least 4 members (excludes halogenated alkanes) is 1. The van der Waals surface area contributed by atoms with Crippen LogP contribution in [0.25, 0.3) is 0 Å². The third kappa shape index (κ3) is 5.64. The molecule has 5 nitrogen and oxygen atoms in total. The van der Waals surface area contributed by atoms with Gasteiger partial charge in [0.05, 0.1) is 12.2 Å². The summed E-state index contributed by atoms with van der Waals surface area (Å²) in [4.78, 5) is 15.0. The molecular weight excluding hydrogens is 395 g/mol. The van der Waals surface area contributed by atoms with Crippen LogP contribution in [0.1, 0.15) is 41.6 Å². The average Bonchev–Trinajstić information content (AvgIpc) is 3.09. The molecule has 1 fully saturated rings. The van der Waals surface area contributed by atoms with Crippen molar-refractivity contribution in [2.75, 3.05) is 26.2 Å². The zero-order chi connectivity index (χ0) is 21.6. The van der Waals surface area contributed by atoms with Gasteiger partial charge in [0.15, 0.2) is 5.76 Å². The molecule has 31 heavy (non-hydrogen) atoms. The summed E-state index contributed by atoms with van der Waals surface area (Å²) in [6.45, 7) is 5.74. The molecular formula is C25H29FN2O3. The molecule has 0 amide bonds. The summed E-state index contributed by atoms with van der Waals surface area (Å²) in [5.41, 5.74) is 1.70. The summed E-state index contributed by atoms with van der Waals surface area (Å²) in [7, 11) is 0. The molecule has 0 radical (unpaired) electrons. The van der Waals surface area contributed by atoms with Crippen molar-refractivity contribution in [3.8, 4) is 11.5 Å². The molecule has 2 aliphatic rings. The lowest BCUT2D eigenvalue weighted by Crippen LogP contribution is -2.41. The maximum absolute atomic E-state index is 12.9. The maximum Gasteiger partial charge on any atom is 0.233 e. The number of nitrogens with zero attached hydrogens (tertiary/aromatic N) is 1. The number of benzene rings is 2. The molecule has 2 heterocycles. The van der Waals surface area contributed by atoms with Gasteiger partial charge in [-0.1, -0.05) is 11.6 Å². The Kier molecular flexibility index (Phi) is 6.87. The quantitative estimate of drug-likeness (QED) is 0.501. The van der Waals surface area contributed by atoms with Gasteiger partial charge in [0.25, 0.3) is 0 Å². The Morgan fingerprint density at radius 2 is 1.94 bits per heavy atom. The van der Waals surface area contributed by atoms with Crippen LogP contribution >= 0.6 is 0 Å². The number of aryl methyl sites for hydroxylation is 1. The van der Waals surface area contributed by atoms with E-state index in [1.807, 2.05) is 25.1 Å². The monoisotopic (exact) mass is 424 g/mol. The number of hydrogen-bond donors (Lipinski definition) is 1. The van der Waals surface area contributed by atoms with Crippen molar-refractivity contribution in [2.24, 2.45) is 0 Å². The average molecular weight is 425 g/mol. The van der Waals surface area contributed by atoms with Gasteiger partial charge in [-0.3, -0.25) is 4.79 Å². The summed E-state index contributed by atoms with van der Waals surface area (Å²) in [5.74, 6) is 1.44. The smallest absolute Gasteiger partial charge is 0.233 e. The number of carbonyl (C=O) groups excluding carboxylic acids is 1. The van der Waals surface area contributed by atoms with E-state index in [2.05, 4.69) is 10.2 Å². The van der Waals surface area contributed by atoms with Crippen molar-refractivity contribution in [1.82, 2.24) is 10.2 Å². The molecule has 0 saturated carbocycles. The van der Waals surface area contributed by atoms with Crippen molar-refractivity contribution in [3.05, 3.63) is 71.4 Å². The first kappa shape index (κ1) is 21.4. The minimum absolute atomic E-state index is 0.0495. The second-order valence-corrected chi connectivity index (χ2v) is 8.23. The fourth-order valence-electron chi connectivity index (χ4n) is 3.98. The number of allylic oxidation sites excluding steroid dienone is 1. The minimum atomic E-state index is -0.246. The second kappa shape index (κ2) is 9.96. The fraction of sp³-hybridized carbons (Fsp3) is 0.400. The van der Waals surface area contributed by atoms with Crippen LogP contribution < -0.4 is 14.8 Å². The molecule has 164 valence electrons. The molecule has 2 aromatic rings. The van der Waals surface area contributed by atoms with Crippen molar-refractivity contribution in [1.29, 1.82) is 0 Å². The van der Waals surface area contributed by atoms with Crippen LogP contribution in [-0.4, -0.2) is 43.0 Å². The van der Waals surface area contributed by atoms with Gasteiger partial charge in [-0.2, -0.15) is 0 Å². The number of ether oxygens (including phenoxy) is 2. The first-order valence-corrected chi connectivity index (χ1v) is 11.0. The van der Waals surface area contributed by atoms with Gasteiger partial charge in [0.2, 0.25) is 5.78 Å². The highest BCUT2D eigenvalue weighted by Gasteiger charge is 2.27. The number of hydrogen-bond acceptors (Lipinski definition) is 5. The summed E-state index contributed by atoms with van der Waals surface area (Å²) >= 11 is 0. The highest BCUT2D eigenvalue weighted by atomic mass is 19.1.